The number of carbonyl (C=O) groups is 7. The van der Waals surface area contributed by atoms with E-state index in [0.717, 1.165) is 4.57 Å². The summed E-state index contributed by atoms with van der Waals surface area (Å²) in [6.45, 7) is 9.18. The quantitative estimate of drug-likeness (QED) is 0.0165. The van der Waals surface area contributed by atoms with Gasteiger partial charge in [-0.1, -0.05) is 46.2 Å². The highest BCUT2D eigenvalue weighted by molar-refractivity contribution is 5.96. The van der Waals surface area contributed by atoms with Crippen molar-refractivity contribution in [2.75, 3.05) is 51.2 Å². The van der Waals surface area contributed by atoms with Crippen LogP contribution in [-0.4, -0.2) is 159 Å². The van der Waals surface area contributed by atoms with Crippen LogP contribution in [0.5, 0.6) is 5.75 Å². The topological polar surface area (TPSA) is 398 Å². The fraction of sp³-hybridized carbons (Fsp3) is 0.537. The van der Waals surface area contributed by atoms with Crippen LogP contribution < -0.4 is 65.3 Å². The van der Waals surface area contributed by atoms with Gasteiger partial charge in [0, 0.05) is 70.7 Å². The number of aromatic nitrogens is 4. The zero-order chi connectivity index (χ0) is 58.5. The number of phenols is 1. The van der Waals surface area contributed by atoms with Crippen molar-refractivity contribution in [3.8, 4) is 5.75 Å². The third-order valence-corrected chi connectivity index (χ3v) is 14.0. The number of H-pyrrole nitrogens is 1. The van der Waals surface area contributed by atoms with Gasteiger partial charge in [0.1, 0.15) is 48.3 Å². The molecule has 1 aliphatic heterocycles. The molecule has 0 spiro atoms. The Hall–Kier alpha value is -8.13. The summed E-state index contributed by atoms with van der Waals surface area (Å²) in [5, 5.41) is 26.6. The Kier molecular flexibility index (Phi) is 24.2. The summed E-state index contributed by atoms with van der Waals surface area (Å²) in [4.78, 5) is 130. The number of aromatic hydroxyl groups is 1. The Bertz CT molecular complexity index is 2800. The molecule has 2 aromatic carbocycles. The predicted molar refractivity (Wildman–Crippen MR) is 302 cm³/mol. The van der Waals surface area contributed by atoms with Crippen molar-refractivity contribution in [1.82, 2.24) is 56.3 Å². The van der Waals surface area contributed by atoms with Crippen molar-refractivity contribution >= 4 is 63.9 Å². The van der Waals surface area contributed by atoms with E-state index >= 15 is 0 Å². The highest BCUT2D eigenvalue weighted by Crippen LogP contribution is 2.22. The average molecular weight is 1110 g/mol. The number of phenolic OH excluding ortho intramolecular Hbond substituents is 1. The lowest BCUT2D eigenvalue weighted by Gasteiger charge is -2.38. The number of unbranched alkanes of at least 4 members (excludes halogenated alkanes) is 1. The van der Waals surface area contributed by atoms with Gasteiger partial charge in [-0.15, -0.1) is 0 Å². The van der Waals surface area contributed by atoms with E-state index in [2.05, 4.69) is 51.8 Å². The number of piperazine rings is 1. The normalized spacial score (nSPS) is 15.1. The lowest BCUT2D eigenvalue weighted by Crippen LogP contribution is -2.59. The number of hydrogen-bond acceptors (Lipinski definition) is 15. The Balaban J connectivity index is 1.32. The first kappa shape index (κ1) is 62.7. The number of nitrogens with one attached hydrogen (secondary N) is 7. The first-order valence-electron chi connectivity index (χ1n) is 27.2. The third-order valence-electron chi connectivity index (χ3n) is 14.0. The molecule has 1 saturated heterocycles. The molecule has 1 aliphatic rings. The minimum absolute atomic E-state index is 0.0156. The number of likely N-dealkylation sites (N-methyl/N-ethyl adjacent to an activating group) is 1. The average Bonchev–Trinajstić information content (AvgIpc) is 3.98. The van der Waals surface area contributed by atoms with Gasteiger partial charge in [-0.25, -0.2) is 9.97 Å². The van der Waals surface area contributed by atoms with Crippen molar-refractivity contribution < 1.29 is 38.7 Å². The van der Waals surface area contributed by atoms with E-state index in [1.54, 1.807) is 29.2 Å². The number of benzene rings is 2. The molecule has 436 valence electrons. The maximum Gasteiger partial charge on any atom is 0.261 e. The number of amides is 7. The van der Waals surface area contributed by atoms with Crippen molar-refractivity contribution in [3.05, 3.63) is 82.9 Å². The zero-order valence-corrected chi connectivity index (χ0v) is 46.4. The number of anilines is 1. The summed E-state index contributed by atoms with van der Waals surface area (Å²) in [6.07, 6.45) is 6.94. The lowest BCUT2D eigenvalue weighted by atomic mass is 9.98. The molecule has 7 atom stereocenters. The molecule has 0 bridgehead atoms. The third kappa shape index (κ3) is 18.8. The molecule has 0 radical (unpaired) electrons. The first-order chi connectivity index (χ1) is 38.2. The summed E-state index contributed by atoms with van der Waals surface area (Å²) in [5.41, 5.74) is 24.1. The maximum atomic E-state index is 14.4. The van der Waals surface area contributed by atoms with Crippen molar-refractivity contribution in [1.29, 1.82) is 0 Å². The number of carbonyl (C=O) groups excluding carboxylic acids is 7. The number of imidazole rings is 1. The molecule has 26 heteroatoms. The van der Waals surface area contributed by atoms with Crippen molar-refractivity contribution in [2.24, 2.45) is 39.8 Å². The van der Waals surface area contributed by atoms with Crippen LogP contribution in [0.15, 0.2) is 71.0 Å². The Morgan fingerprint density at radius 3 is 2.01 bits per heavy atom. The second-order valence-electron chi connectivity index (χ2n) is 20.6. The highest BCUT2D eigenvalue weighted by Gasteiger charge is 2.34. The minimum atomic E-state index is -1.38. The number of nitrogens with zero attached hydrogens (tertiary/aromatic N) is 6. The molecule has 4 aromatic rings. The van der Waals surface area contributed by atoms with Crippen LogP contribution in [0.25, 0.3) is 10.9 Å². The number of aliphatic imine (C=N–C) groups is 1. The summed E-state index contributed by atoms with van der Waals surface area (Å²) < 4.78 is 1.11. The smallest absolute Gasteiger partial charge is 0.261 e. The van der Waals surface area contributed by atoms with E-state index in [-0.39, 0.29) is 73.0 Å². The van der Waals surface area contributed by atoms with E-state index in [0.29, 0.717) is 87.4 Å². The Morgan fingerprint density at radius 1 is 0.762 bits per heavy atom. The summed E-state index contributed by atoms with van der Waals surface area (Å²) in [5.74, 6) is -3.96. The number of fused-ring (bicyclic) bond motifs is 1. The molecule has 0 unspecified atom stereocenters. The number of guanidine groups is 1. The van der Waals surface area contributed by atoms with Crippen LogP contribution >= 0.6 is 0 Å². The highest BCUT2D eigenvalue weighted by atomic mass is 16.3. The maximum absolute atomic E-state index is 14.4. The summed E-state index contributed by atoms with van der Waals surface area (Å²) >= 11 is 0. The molecule has 2 aromatic heterocycles. The fourth-order valence-corrected chi connectivity index (χ4v) is 9.14. The van der Waals surface area contributed by atoms with Crippen molar-refractivity contribution in [3.63, 3.8) is 0 Å². The van der Waals surface area contributed by atoms with Gasteiger partial charge >= 0.3 is 0 Å². The zero-order valence-electron chi connectivity index (χ0n) is 46.4. The summed E-state index contributed by atoms with van der Waals surface area (Å²) in [7, 11) is 1.45. The molecule has 0 saturated carbocycles. The van der Waals surface area contributed by atoms with Gasteiger partial charge in [-0.05, 0) is 92.8 Å². The molecule has 3 heterocycles. The SMILES string of the molecule is CC[C@H](C)[C@H](N)C(=O)N[C@H](CCCCN)C(=O)N1CCN(c2ccc3ncn(CC(=O)N[C@@H](CCCN=C(N)N)C(=O)N[C@@H](Cc4ncc[nH]4)C(=O)N[C@@H](Cc4ccc(O)cc4)C(=O)N[C@@H](CC(C)C)C(=O)NC)c(=O)c3c2)CC1. The molecule has 80 heavy (non-hydrogen) atoms. The van der Waals surface area contributed by atoms with Gasteiger partial charge < -0.3 is 74.7 Å². The lowest BCUT2D eigenvalue weighted by molar-refractivity contribution is -0.137. The van der Waals surface area contributed by atoms with Crippen LogP contribution in [0.4, 0.5) is 5.69 Å². The molecule has 26 nitrogen and oxygen atoms in total. The van der Waals surface area contributed by atoms with Crippen LogP contribution in [-0.2, 0) is 52.9 Å². The Morgan fingerprint density at radius 2 is 1.40 bits per heavy atom. The van der Waals surface area contributed by atoms with Crippen LogP contribution in [0.1, 0.15) is 84.0 Å². The number of hydrogen-bond donors (Lipinski definition) is 12. The van der Waals surface area contributed by atoms with E-state index in [1.165, 1.54) is 37.9 Å². The predicted octanol–water partition coefficient (Wildman–Crippen LogP) is -1.27. The molecule has 7 amide bonds. The van der Waals surface area contributed by atoms with Gasteiger partial charge in [-0.2, -0.15) is 0 Å². The molecule has 1 fully saturated rings. The van der Waals surface area contributed by atoms with E-state index < -0.39 is 77.9 Å². The second kappa shape index (κ2) is 30.9. The Labute approximate surface area is 465 Å². The number of nitrogens with two attached hydrogens (primary N) is 4. The van der Waals surface area contributed by atoms with E-state index in [4.69, 9.17) is 22.9 Å². The van der Waals surface area contributed by atoms with Crippen molar-refractivity contribution in [2.45, 2.75) is 128 Å². The number of aromatic amines is 1. The van der Waals surface area contributed by atoms with Crippen LogP contribution in [0.3, 0.4) is 0 Å². The summed E-state index contributed by atoms with van der Waals surface area (Å²) in [6, 6.07) is 4.82. The molecular formula is C54H81N17O9. The minimum Gasteiger partial charge on any atom is -0.508 e. The first-order valence-corrected chi connectivity index (χ1v) is 27.2. The molecule has 0 aliphatic carbocycles. The molecule has 5 rings (SSSR count). The van der Waals surface area contributed by atoms with Gasteiger partial charge in [0.2, 0.25) is 41.4 Å². The van der Waals surface area contributed by atoms with Crippen LogP contribution in [0.2, 0.25) is 0 Å². The fourth-order valence-electron chi connectivity index (χ4n) is 9.14. The van der Waals surface area contributed by atoms with Gasteiger partial charge in [0.25, 0.3) is 5.56 Å². The second-order valence-corrected chi connectivity index (χ2v) is 20.6. The van der Waals surface area contributed by atoms with Gasteiger partial charge in [0.05, 0.1) is 23.3 Å². The number of rotatable bonds is 30. The van der Waals surface area contributed by atoms with Gasteiger partial charge in [-0.3, -0.25) is 47.9 Å². The van der Waals surface area contributed by atoms with Gasteiger partial charge in [0.15, 0.2) is 5.96 Å². The van der Waals surface area contributed by atoms with E-state index in [1.807, 2.05) is 38.7 Å². The standard InChI is InChI=1S/C54H81N17O9/c1-6-33(4)46(56)51(78)65-40(10-7-8-18-55)53(80)70-24-22-69(23-25-70)35-14-17-38-37(28-35)52(79)71(31-63-38)30-45(73)64-39(11-9-19-62-54(57)58)48(75)68-43(29-44-60-20-21-61-44)50(77)67-42(27-34-12-15-36(72)16-13-34)49(76)66-41(26-32(2)3)47(74)59-5/h12-17,20-21,28,31-33,39-43,46,72H,6-11,18-19,22-27,29-30,55-56H2,1-5H3,(H,59,74)(H,60,61)(H,64,73)(H,65,78)(H,66,76)(H,67,77)(H,68,75)(H4,57,58,62)/t33-,39-,40+,41-,42-,43-,46-/m0/s1. The van der Waals surface area contributed by atoms with E-state index in [9.17, 15) is 43.5 Å². The van der Waals surface area contributed by atoms with Crippen LogP contribution in [0, 0.1) is 11.8 Å². The molecule has 16 N–H and O–H groups in total. The molecular weight excluding hydrogens is 1030 g/mol. The monoisotopic (exact) mass is 1110 g/mol. The largest absolute Gasteiger partial charge is 0.508 e.